The van der Waals surface area contributed by atoms with Gasteiger partial charge in [0.25, 0.3) is 5.91 Å². The quantitative estimate of drug-likeness (QED) is 0.573. The van der Waals surface area contributed by atoms with Crippen LogP contribution in [0.25, 0.3) is 0 Å². The summed E-state index contributed by atoms with van der Waals surface area (Å²) in [4.78, 5) is 34.7. The SMILES string of the molecule is COc1ccc(C(C)=O)cc1COC(=O)COc1ccccc1C(N)=O. The summed E-state index contributed by atoms with van der Waals surface area (Å²) in [5.74, 6) is -0.693. The molecule has 2 rings (SSSR count). The number of esters is 1. The van der Waals surface area contributed by atoms with Gasteiger partial charge in [0, 0.05) is 11.1 Å². The number of hydrogen-bond acceptors (Lipinski definition) is 6. The average molecular weight is 357 g/mol. The van der Waals surface area contributed by atoms with E-state index in [1.165, 1.54) is 26.2 Å². The highest BCUT2D eigenvalue weighted by atomic mass is 16.6. The number of ketones is 1. The minimum Gasteiger partial charge on any atom is -0.496 e. The molecule has 2 aromatic rings. The number of amides is 1. The zero-order chi connectivity index (χ0) is 19.1. The van der Waals surface area contributed by atoms with Gasteiger partial charge >= 0.3 is 5.97 Å². The molecule has 0 spiro atoms. The standard InChI is InChI=1S/C19H19NO6/c1-12(21)13-7-8-16(24-2)14(9-13)10-26-18(22)11-25-17-6-4-3-5-15(17)19(20)23/h3-9H,10-11H2,1-2H3,(H2,20,23). The molecule has 0 radical (unpaired) electrons. The van der Waals surface area contributed by atoms with Crippen LogP contribution in [-0.4, -0.2) is 31.4 Å². The van der Waals surface area contributed by atoms with Gasteiger partial charge in [-0.1, -0.05) is 12.1 Å². The first kappa shape index (κ1) is 19.0. The van der Waals surface area contributed by atoms with Gasteiger partial charge in [0.05, 0.1) is 12.7 Å². The van der Waals surface area contributed by atoms with Crippen molar-refractivity contribution < 1.29 is 28.6 Å². The van der Waals surface area contributed by atoms with E-state index in [1.54, 1.807) is 30.3 Å². The number of benzene rings is 2. The van der Waals surface area contributed by atoms with E-state index in [2.05, 4.69) is 0 Å². The summed E-state index contributed by atoms with van der Waals surface area (Å²) in [6.45, 7) is 0.977. The maximum absolute atomic E-state index is 11.9. The summed E-state index contributed by atoms with van der Waals surface area (Å²) in [5, 5.41) is 0. The summed E-state index contributed by atoms with van der Waals surface area (Å²) < 4.78 is 15.7. The second-order valence-corrected chi connectivity index (χ2v) is 5.39. The second-order valence-electron chi connectivity index (χ2n) is 5.39. The Morgan fingerprint density at radius 2 is 1.77 bits per heavy atom. The molecule has 0 aliphatic heterocycles. The summed E-state index contributed by atoms with van der Waals surface area (Å²) in [6.07, 6.45) is 0. The Labute approximate surface area is 150 Å². The fraction of sp³-hybridized carbons (Fsp3) is 0.211. The Hall–Kier alpha value is -3.35. The largest absolute Gasteiger partial charge is 0.496 e. The predicted molar refractivity (Wildman–Crippen MR) is 93.2 cm³/mol. The molecule has 0 bridgehead atoms. The van der Waals surface area contributed by atoms with Gasteiger partial charge in [-0.05, 0) is 37.3 Å². The normalized spacial score (nSPS) is 10.1. The van der Waals surface area contributed by atoms with Crippen molar-refractivity contribution in [2.24, 2.45) is 5.73 Å². The van der Waals surface area contributed by atoms with Crippen molar-refractivity contribution in [3.8, 4) is 11.5 Å². The summed E-state index contributed by atoms with van der Waals surface area (Å²) >= 11 is 0. The predicted octanol–water partition coefficient (Wildman–Crippen LogP) is 2.12. The van der Waals surface area contributed by atoms with Crippen molar-refractivity contribution in [2.45, 2.75) is 13.5 Å². The summed E-state index contributed by atoms with van der Waals surface area (Å²) in [7, 11) is 1.48. The lowest BCUT2D eigenvalue weighted by molar-refractivity contribution is -0.147. The molecular formula is C19H19NO6. The van der Waals surface area contributed by atoms with E-state index in [9.17, 15) is 14.4 Å². The first-order chi connectivity index (χ1) is 12.4. The van der Waals surface area contributed by atoms with Gasteiger partial charge in [-0.3, -0.25) is 9.59 Å². The maximum atomic E-state index is 11.9. The van der Waals surface area contributed by atoms with Crippen LogP contribution in [0.15, 0.2) is 42.5 Å². The third-order valence-electron chi connectivity index (χ3n) is 3.57. The molecular weight excluding hydrogens is 338 g/mol. The summed E-state index contributed by atoms with van der Waals surface area (Å²) in [6, 6.07) is 11.2. The van der Waals surface area contributed by atoms with Crippen molar-refractivity contribution in [1.29, 1.82) is 0 Å². The Morgan fingerprint density at radius 1 is 1.04 bits per heavy atom. The first-order valence-electron chi connectivity index (χ1n) is 7.77. The Bertz CT molecular complexity index is 831. The van der Waals surface area contributed by atoms with Crippen LogP contribution in [0.5, 0.6) is 11.5 Å². The van der Waals surface area contributed by atoms with Crippen LogP contribution in [-0.2, 0) is 16.1 Å². The van der Waals surface area contributed by atoms with Crippen molar-refractivity contribution in [3.05, 3.63) is 59.2 Å². The molecule has 1 amide bonds. The molecule has 0 aliphatic carbocycles. The van der Waals surface area contributed by atoms with Gasteiger partial charge in [-0.25, -0.2) is 4.79 Å². The third-order valence-corrected chi connectivity index (χ3v) is 3.57. The molecule has 7 heteroatoms. The van der Waals surface area contributed by atoms with E-state index in [0.29, 0.717) is 16.9 Å². The van der Waals surface area contributed by atoms with Gasteiger partial charge in [0.1, 0.15) is 18.1 Å². The van der Waals surface area contributed by atoms with E-state index in [1.807, 2.05) is 0 Å². The fourth-order valence-electron chi connectivity index (χ4n) is 2.24. The highest BCUT2D eigenvalue weighted by molar-refractivity contribution is 5.95. The van der Waals surface area contributed by atoms with Crippen molar-refractivity contribution in [1.82, 2.24) is 0 Å². The van der Waals surface area contributed by atoms with E-state index < -0.39 is 11.9 Å². The van der Waals surface area contributed by atoms with Gasteiger partial charge in [-0.15, -0.1) is 0 Å². The smallest absolute Gasteiger partial charge is 0.344 e. The zero-order valence-corrected chi connectivity index (χ0v) is 14.5. The minimum absolute atomic E-state index is 0.0794. The number of primary amides is 1. The molecule has 26 heavy (non-hydrogen) atoms. The molecule has 0 heterocycles. The van der Waals surface area contributed by atoms with Gasteiger partial charge in [0.15, 0.2) is 12.4 Å². The van der Waals surface area contributed by atoms with E-state index in [4.69, 9.17) is 19.9 Å². The van der Waals surface area contributed by atoms with E-state index >= 15 is 0 Å². The number of carbonyl (C=O) groups is 3. The van der Waals surface area contributed by atoms with Crippen LogP contribution in [0.1, 0.15) is 33.2 Å². The number of para-hydroxylation sites is 1. The highest BCUT2D eigenvalue weighted by Gasteiger charge is 2.13. The third kappa shape index (κ3) is 4.83. The maximum Gasteiger partial charge on any atom is 0.344 e. The van der Waals surface area contributed by atoms with Gasteiger partial charge in [-0.2, -0.15) is 0 Å². The Balaban J connectivity index is 1.98. The molecule has 136 valence electrons. The summed E-state index contributed by atoms with van der Waals surface area (Å²) in [5.41, 5.74) is 6.48. The van der Waals surface area contributed by atoms with Crippen LogP contribution in [0, 0.1) is 0 Å². The number of methoxy groups -OCH3 is 1. The molecule has 7 nitrogen and oxygen atoms in total. The molecule has 0 fully saturated rings. The molecule has 0 saturated heterocycles. The highest BCUT2D eigenvalue weighted by Crippen LogP contribution is 2.21. The number of nitrogens with two attached hydrogens (primary N) is 1. The van der Waals surface area contributed by atoms with Crippen molar-refractivity contribution in [2.75, 3.05) is 13.7 Å². The second kappa shape index (κ2) is 8.66. The van der Waals surface area contributed by atoms with Crippen molar-refractivity contribution in [3.63, 3.8) is 0 Å². The zero-order valence-electron chi connectivity index (χ0n) is 14.5. The molecule has 2 aromatic carbocycles. The van der Waals surface area contributed by atoms with Crippen LogP contribution in [0.2, 0.25) is 0 Å². The number of carbonyl (C=O) groups excluding carboxylic acids is 3. The number of ether oxygens (including phenoxy) is 3. The fourth-order valence-corrected chi connectivity index (χ4v) is 2.24. The Kier molecular flexibility index (Phi) is 6.32. The van der Waals surface area contributed by atoms with Crippen LogP contribution < -0.4 is 15.2 Å². The molecule has 0 aliphatic rings. The van der Waals surface area contributed by atoms with E-state index in [-0.39, 0.29) is 30.3 Å². The Morgan fingerprint density at radius 3 is 2.42 bits per heavy atom. The molecule has 0 aromatic heterocycles. The van der Waals surface area contributed by atoms with Crippen molar-refractivity contribution >= 4 is 17.7 Å². The monoisotopic (exact) mass is 357 g/mol. The lowest BCUT2D eigenvalue weighted by atomic mass is 10.1. The number of hydrogen-bond donors (Lipinski definition) is 1. The first-order valence-corrected chi connectivity index (χ1v) is 7.77. The van der Waals surface area contributed by atoms with Crippen LogP contribution in [0.4, 0.5) is 0 Å². The molecule has 0 atom stereocenters. The van der Waals surface area contributed by atoms with Gasteiger partial charge in [0.2, 0.25) is 0 Å². The van der Waals surface area contributed by atoms with Crippen LogP contribution >= 0.6 is 0 Å². The molecule has 0 unspecified atom stereocenters. The number of Topliss-reactive ketones (excluding diaryl/α,β-unsaturated/α-hetero) is 1. The molecule has 0 saturated carbocycles. The number of rotatable bonds is 8. The minimum atomic E-state index is -0.653. The lowest BCUT2D eigenvalue weighted by Crippen LogP contribution is -2.18. The average Bonchev–Trinajstić information content (AvgIpc) is 2.64. The van der Waals surface area contributed by atoms with Crippen LogP contribution in [0.3, 0.4) is 0 Å². The molecule has 2 N–H and O–H groups in total. The lowest BCUT2D eigenvalue weighted by Gasteiger charge is -2.12. The topological polar surface area (TPSA) is 105 Å². The van der Waals surface area contributed by atoms with Gasteiger partial charge < -0.3 is 19.9 Å². The van der Waals surface area contributed by atoms with E-state index in [0.717, 1.165) is 0 Å².